The molecule has 4 fully saturated rings. The third-order valence-corrected chi connectivity index (χ3v) is 14.0. The number of hydrogen-bond acceptors (Lipinski definition) is 10. The Morgan fingerprint density at radius 2 is 1.85 bits per heavy atom. The van der Waals surface area contributed by atoms with Crippen molar-refractivity contribution in [3.8, 4) is 0 Å². The molecule has 13 nitrogen and oxygen atoms in total. The first-order valence-corrected chi connectivity index (χ1v) is 20.7. The fraction of sp³-hybridized carbons (Fsp3) is 0.571. The van der Waals surface area contributed by atoms with Gasteiger partial charge < -0.3 is 20.3 Å². The number of aromatic nitrogens is 1. The number of carbonyl (C=O) groups excluding carboxylic acids is 4. The highest BCUT2D eigenvalue weighted by molar-refractivity contribution is 7.91. The van der Waals surface area contributed by atoms with Gasteiger partial charge in [0.05, 0.1) is 18.3 Å². The molecule has 0 spiro atoms. The number of carbonyl (C=O) groups is 4. The first-order valence-electron chi connectivity index (χ1n) is 17.9. The number of alkyl halides is 3. The molecule has 0 radical (unpaired) electrons. The molecule has 5 aliphatic rings. The average Bonchev–Trinajstić information content (AvgIpc) is 3.93. The molecule has 4 amide bonds. The van der Waals surface area contributed by atoms with E-state index in [1.165, 1.54) is 15.9 Å². The molecule has 0 unspecified atom stereocenters. The highest BCUT2D eigenvalue weighted by atomic mass is 35.5. The summed E-state index contributed by atoms with van der Waals surface area (Å²) in [5.41, 5.74) is -1.11. The minimum atomic E-state index is -4.69. The Hall–Kier alpha value is -3.90. The number of fused-ring (bicyclic) bond motifs is 1. The number of nitrogens with zero attached hydrogens (tertiary/aromatic N) is 3. The Balaban J connectivity index is 1.14. The molecule has 1 saturated heterocycles. The lowest BCUT2D eigenvalue weighted by Gasteiger charge is -2.34. The van der Waals surface area contributed by atoms with E-state index < -0.39 is 80.6 Å². The van der Waals surface area contributed by atoms with E-state index in [-0.39, 0.29) is 43.5 Å². The largest absolute Gasteiger partial charge is 0.444 e. The molecule has 3 saturated carbocycles. The van der Waals surface area contributed by atoms with Crippen molar-refractivity contribution in [3.63, 3.8) is 0 Å². The summed E-state index contributed by atoms with van der Waals surface area (Å²) in [4.78, 5) is 62.2. The van der Waals surface area contributed by atoms with Crippen molar-refractivity contribution in [1.29, 1.82) is 0 Å². The Kier molecular flexibility index (Phi) is 10.4. The molecule has 7 rings (SSSR count). The van der Waals surface area contributed by atoms with E-state index in [0.29, 0.717) is 42.0 Å². The lowest BCUT2D eigenvalue weighted by molar-refractivity contribution is -0.141. The lowest BCUT2D eigenvalue weighted by Crippen LogP contribution is -2.58. The van der Waals surface area contributed by atoms with E-state index in [4.69, 9.17) is 16.3 Å². The van der Waals surface area contributed by atoms with Gasteiger partial charge in [-0.3, -0.25) is 24.0 Å². The summed E-state index contributed by atoms with van der Waals surface area (Å²) in [6, 6.07) is 2.99. The zero-order valence-electron chi connectivity index (χ0n) is 29.1. The maximum Gasteiger partial charge on any atom is 0.434 e. The predicted molar refractivity (Wildman–Crippen MR) is 191 cm³/mol. The quantitative estimate of drug-likeness (QED) is 0.266. The van der Waals surface area contributed by atoms with Crippen LogP contribution < -0.4 is 15.4 Å². The number of likely N-dealkylation sites (tertiary alicyclic amines) is 1. The number of amides is 4. The average molecular weight is 813 g/mol. The van der Waals surface area contributed by atoms with E-state index in [2.05, 4.69) is 26.9 Å². The fourth-order valence-electron chi connectivity index (χ4n) is 7.75. The number of benzene rings is 1. The molecular weight excluding hydrogens is 773 g/mol. The van der Waals surface area contributed by atoms with Crippen molar-refractivity contribution in [2.75, 3.05) is 11.9 Å². The first kappa shape index (κ1) is 38.4. The number of halogens is 4. The Labute approximate surface area is 319 Å². The molecule has 3 N–H and O–H groups in total. The number of hydrogen-bond donors (Lipinski definition) is 3. The normalized spacial score (nSPS) is 26.1. The fourth-order valence-corrected chi connectivity index (χ4v) is 10.1. The van der Waals surface area contributed by atoms with Gasteiger partial charge in [-0.15, -0.1) is 17.9 Å². The van der Waals surface area contributed by atoms with Gasteiger partial charge >= 0.3 is 12.3 Å². The molecule has 54 heavy (non-hydrogen) atoms. The minimum Gasteiger partial charge on any atom is -0.444 e. The van der Waals surface area contributed by atoms with Gasteiger partial charge in [-0.05, 0) is 55.2 Å². The monoisotopic (exact) mass is 812 g/mol. The van der Waals surface area contributed by atoms with Gasteiger partial charge in [0.15, 0.2) is 10.8 Å². The minimum absolute atomic E-state index is 0.0727. The van der Waals surface area contributed by atoms with Crippen LogP contribution in [0.2, 0.25) is 5.02 Å². The third-order valence-electron chi connectivity index (χ3n) is 11.0. The van der Waals surface area contributed by atoms with Crippen LogP contribution in [0.3, 0.4) is 0 Å². The second-order valence-corrected chi connectivity index (χ2v) is 17.9. The van der Waals surface area contributed by atoms with E-state index in [9.17, 15) is 40.8 Å². The highest BCUT2D eigenvalue weighted by Gasteiger charge is 2.62. The summed E-state index contributed by atoms with van der Waals surface area (Å²) in [7, 11) is -3.96. The van der Waals surface area contributed by atoms with Gasteiger partial charge in [0.2, 0.25) is 21.8 Å². The smallest absolute Gasteiger partial charge is 0.434 e. The number of rotatable bonds is 11. The first-order chi connectivity index (χ1) is 25.6. The number of sulfonamides is 1. The third kappa shape index (κ3) is 7.78. The molecule has 3 heterocycles. The van der Waals surface area contributed by atoms with E-state index in [1.54, 1.807) is 12.1 Å². The molecule has 2 aromatic rings. The standard InChI is InChI=1S/C35H40ClF3N6O7S2/c1-2-21-14-34(21,31(48)43-54(50,51)23-11-12-23)42-29(46)26-13-22(52-33(49)44-15-20-9-6-10-25(36)24(20)17-44)16-45(26)30(47)28(19-7-4-3-5-8-19)41-32-40-27(18-53-32)35(37,38)39/h2,6,9-10,18-19,21-23,26,28H,1,3-5,7-8,11-17H2,(H,40,41)(H,42,46)(H,43,48)/t21-,22-,26+,28+,34-/m1/s1. The predicted octanol–water partition coefficient (Wildman–Crippen LogP) is 4.97. The molecule has 0 bridgehead atoms. The molecule has 1 aromatic heterocycles. The van der Waals surface area contributed by atoms with Crippen molar-refractivity contribution in [2.45, 2.75) is 106 Å². The highest BCUT2D eigenvalue weighted by Crippen LogP contribution is 2.46. The van der Waals surface area contributed by atoms with Gasteiger partial charge in [-0.1, -0.05) is 49.1 Å². The van der Waals surface area contributed by atoms with Crippen molar-refractivity contribution in [1.82, 2.24) is 24.8 Å². The van der Waals surface area contributed by atoms with Gasteiger partial charge in [0, 0.05) is 29.3 Å². The van der Waals surface area contributed by atoms with Gasteiger partial charge in [0.25, 0.3) is 5.91 Å². The van der Waals surface area contributed by atoms with E-state index >= 15 is 0 Å². The summed E-state index contributed by atoms with van der Waals surface area (Å²) < 4.78 is 73.7. The SMILES string of the molecule is C=C[C@@H]1C[C@]1(NC(=O)[C@@H]1C[C@@H](OC(=O)N2Cc3cccc(Cl)c3C2)CN1C(=O)[C@@H](Nc1nc(C(F)(F)F)cs1)C1CCCCC1)C(=O)NS(=O)(=O)C1CC1. The number of anilines is 1. The van der Waals surface area contributed by atoms with Crippen LogP contribution in [0.15, 0.2) is 36.2 Å². The summed E-state index contributed by atoms with van der Waals surface area (Å²) in [5.74, 6) is -3.19. The number of ether oxygens (including phenoxy) is 1. The number of nitrogens with one attached hydrogen (secondary N) is 3. The summed E-state index contributed by atoms with van der Waals surface area (Å²) in [6.07, 6.45) is -0.471. The van der Waals surface area contributed by atoms with Gasteiger partial charge in [-0.2, -0.15) is 13.2 Å². The summed E-state index contributed by atoms with van der Waals surface area (Å²) in [5, 5.41) is 6.21. The van der Waals surface area contributed by atoms with E-state index in [0.717, 1.165) is 35.8 Å². The zero-order valence-corrected chi connectivity index (χ0v) is 31.5. The van der Waals surface area contributed by atoms with Crippen LogP contribution in [-0.2, 0) is 48.4 Å². The zero-order chi connectivity index (χ0) is 38.6. The maximum absolute atomic E-state index is 14.6. The summed E-state index contributed by atoms with van der Waals surface area (Å²) in [6.45, 7) is 3.94. The molecule has 2 aliphatic heterocycles. The molecule has 3 aliphatic carbocycles. The Morgan fingerprint density at radius 3 is 2.48 bits per heavy atom. The van der Waals surface area contributed by atoms with Crippen LogP contribution in [0.4, 0.5) is 23.1 Å². The van der Waals surface area contributed by atoms with Gasteiger partial charge in [-0.25, -0.2) is 18.2 Å². The van der Waals surface area contributed by atoms with E-state index in [1.807, 2.05) is 6.07 Å². The van der Waals surface area contributed by atoms with Crippen LogP contribution in [0, 0.1) is 11.8 Å². The lowest BCUT2D eigenvalue weighted by atomic mass is 9.83. The van der Waals surface area contributed by atoms with Crippen LogP contribution in [0.5, 0.6) is 0 Å². The second kappa shape index (κ2) is 14.6. The van der Waals surface area contributed by atoms with Crippen LogP contribution in [0.1, 0.15) is 74.6 Å². The maximum atomic E-state index is 14.6. The van der Waals surface area contributed by atoms with Crippen LogP contribution in [0.25, 0.3) is 0 Å². The van der Waals surface area contributed by atoms with Crippen molar-refractivity contribution >= 4 is 61.9 Å². The summed E-state index contributed by atoms with van der Waals surface area (Å²) >= 11 is 7.06. The molecular formula is C35H40ClF3N6O7S2. The molecule has 292 valence electrons. The Morgan fingerprint density at radius 1 is 1.11 bits per heavy atom. The number of thiazole rings is 1. The van der Waals surface area contributed by atoms with Crippen molar-refractivity contribution in [3.05, 3.63) is 58.1 Å². The van der Waals surface area contributed by atoms with Gasteiger partial charge in [0.1, 0.15) is 23.7 Å². The molecule has 1 aromatic carbocycles. The van der Waals surface area contributed by atoms with Crippen molar-refractivity contribution in [2.24, 2.45) is 11.8 Å². The molecule has 19 heteroatoms. The molecule has 5 atom stereocenters. The van der Waals surface area contributed by atoms with Crippen molar-refractivity contribution < 1.29 is 45.5 Å². The topological polar surface area (TPSA) is 167 Å². The van der Waals surface area contributed by atoms with Crippen LogP contribution >= 0.6 is 22.9 Å². The Bertz CT molecular complexity index is 1950. The van der Waals surface area contributed by atoms with Crippen LogP contribution in [-0.4, -0.2) is 82.5 Å². The second-order valence-electron chi connectivity index (χ2n) is 14.7.